The molecule has 0 saturated heterocycles. The summed E-state index contributed by atoms with van der Waals surface area (Å²) >= 11 is 5.17. The number of imidazole rings is 1. The van der Waals surface area contributed by atoms with Gasteiger partial charge in [-0.05, 0) is 42.9 Å². The number of benzene rings is 2. The van der Waals surface area contributed by atoms with E-state index in [0.717, 1.165) is 5.52 Å². The Balaban J connectivity index is 2.47. The number of hydrogen-bond donors (Lipinski definition) is 1. The first-order chi connectivity index (χ1) is 9.09. The van der Waals surface area contributed by atoms with Crippen LogP contribution in [0.5, 0.6) is 0 Å². The van der Waals surface area contributed by atoms with Crippen molar-refractivity contribution in [1.82, 2.24) is 9.55 Å². The molecule has 0 bridgehead atoms. The number of para-hydroxylation sites is 2. The molecule has 1 aromatic heterocycles. The first-order valence-electron chi connectivity index (χ1n) is 5.74. The molecule has 1 N–H and O–H groups in total. The van der Waals surface area contributed by atoms with Crippen LogP contribution in [0.2, 0.25) is 0 Å². The van der Waals surface area contributed by atoms with E-state index in [-0.39, 0.29) is 10.5 Å². The second-order valence-electron chi connectivity index (χ2n) is 4.31. The van der Waals surface area contributed by atoms with E-state index in [1.54, 1.807) is 19.1 Å². The number of aromatic amines is 1. The van der Waals surface area contributed by atoms with Gasteiger partial charge in [0.25, 0.3) is 0 Å². The van der Waals surface area contributed by atoms with Crippen LogP contribution >= 0.6 is 12.2 Å². The molecule has 0 aliphatic carbocycles. The minimum absolute atomic E-state index is 0.137. The lowest BCUT2D eigenvalue weighted by Crippen LogP contribution is -2.03. The number of nitrogens with zero attached hydrogens (tertiary/aromatic N) is 1. The minimum Gasteiger partial charge on any atom is -0.330 e. The van der Waals surface area contributed by atoms with Gasteiger partial charge in [0.2, 0.25) is 0 Å². The van der Waals surface area contributed by atoms with Gasteiger partial charge in [0.1, 0.15) is 11.5 Å². The molecule has 0 saturated carbocycles. The number of aryl methyl sites for hydroxylation is 1. The summed E-state index contributed by atoms with van der Waals surface area (Å²) < 4.78 is 29.9. The number of H-pyrrole nitrogens is 1. The van der Waals surface area contributed by atoms with E-state index in [9.17, 15) is 8.78 Å². The maximum absolute atomic E-state index is 14.2. The van der Waals surface area contributed by atoms with Gasteiger partial charge < -0.3 is 4.98 Å². The molecule has 2 nitrogen and oxygen atoms in total. The van der Waals surface area contributed by atoms with Crippen LogP contribution in [0, 0.1) is 23.3 Å². The van der Waals surface area contributed by atoms with Crippen molar-refractivity contribution < 1.29 is 8.78 Å². The molecule has 3 aromatic rings. The molecule has 0 fully saturated rings. The molecule has 0 amide bonds. The van der Waals surface area contributed by atoms with Crippen LogP contribution in [-0.4, -0.2) is 9.55 Å². The van der Waals surface area contributed by atoms with E-state index in [2.05, 4.69) is 4.98 Å². The van der Waals surface area contributed by atoms with Crippen LogP contribution in [0.3, 0.4) is 0 Å². The van der Waals surface area contributed by atoms with Gasteiger partial charge in [-0.15, -0.1) is 0 Å². The molecule has 0 aliphatic rings. The Morgan fingerprint density at radius 3 is 2.63 bits per heavy atom. The average molecular weight is 276 g/mol. The summed E-state index contributed by atoms with van der Waals surface area (Å²) in [5.41, 5.74) is 1.63. The molecule has 5 heteroatoms. The van der Waals surface area contributed by atoms with Crippen molar-refractivity contribution in [2.75, 3.05) is 0 Å². The number of fused-ring (bicyclic) bond motifs is 1. The van der Waals surface area contributed by atoms with Crippen molar-refractivity contribution in [2.45, 2.75) is 6.92 Å². The van der Waals surface area contributed by atoms with Gasteiger partial charge in [-0.3, -0.25) is 4.57 Å². The Morgan fingerprint density at radius 2 is 1.84 bits per heavy atom. The van der Waals surface area contributed by atoms with E-state index in [1.165, 1.54) is 16.7 Å². The van der Waals surface area contributed by atoms with Crippen molar-refractivity contribution in [3.8, 4) is 5.69 Å². The smallest absolute Gasteiger partial charge is 0.182 e. The molecule has 0 radical (unpaired) electrons. The van der Waals surface area contributed by atoms with Crippen LogP contribution in [0.15, 0.2) is 36.4 Å². The Kier molecular flexibility index (Phi) is 2.71. The lowest BCUT2D eigenvalue weighted by atomic mass is 10.2. The second-order valence-corrected chi connectivity index (χ2v) is 4.70. The summed E-state index contributed by atoms with van der Waals surface area (Å²) in [7, 11) is 0. The van der Waals surface area contributed by atoms with Crippen LogP contribution in [0.1, 0.15) is 5.56 Å². The molecule has 0 unspecified atom stereocenters. The van der Waals surface area contributed by atoms with E-state index in [1.807, 2.05) is 12.1 Å². The zero-order chi connectivity index (χ0) is 13.6. The summed E-state index contributed by atoms with van der Waals surface area (Å²) in [4.78, 5) is 2.94. The first kappa shape index (κ1) is 12.0. The van der Waals surface area contributed by atoms with Crippen molar-refractivity contribution in [3.63, 3.8) is 0 Å². The molecule has 96 valence electrons. The Labute approximate surface area is 113 Å². The van der Waals surface area contributed by atoms with E-state index in [0.29, 0.717) is 11.1 Å². The fourth-order valence-electron chi connectivity index (χ4n) is 2.12. The van der Waals surface area contributed by atoms with Crippen LogP contribution < -0.4 is 0 Å². The summed E-state index contributed by atoms with van der Waals surface area (Å²) in [6, 6.07) is 9.87. The predicted molar refractivity (Wildman–Crippen MR) is 73.1 cm³/mol. The number of rotatable bonds is 1. The number of aromatic nitrogens is 2. The molecule has 2 aromatic carbocycles. The maximum atomic E-state index is 14.2. The van der Waals surface area contributed by atoms with Crippen molar-refractivity contribution in [1.29, 1.82) is 0 Å². The van der Waals surface area contributed by atoms with Gasteiger partial charge in [-0.2, -0.15) is 0 Å². The SMILES string of the molecule is Cc1ccc(F)c(-n2c(=S)[nH]c3ccccc32)c1F. The van der Waals surface area contributed by atoms with Crippen molar-refractivity contribution in [3.05, 3.63) is 58.4 Å². The normalized spacial score (nSPS) is 11.1. The van der Waals surface area contributed by atoms with Crippen LogP contribution in [0.4, 0.5) is 8.78 Å². The van der Waals surface area contributed by atoms with Crippen LogP contribution in [0.25, 0.3) is 16.7 Å². The summed E-state index contributed by atoms with van der Waals surface area (Å²) in [5, 5.41) is 0. The van der Waals surface area contributed by atoms with Crippen LogP contribution in [-0.2, 0) is 0 Å². The Bertz CT molecular complexity index is 833. The number of halogens is 2. The van der Waals surface area contributed by atoms with Gasteiger partial charge in [0, 0.05) is 0 Å². The monoisotopic (exact) mass is 276 g/mol. The van der Waals surface area contributed by atoms with Gasteiger partial charge >= 0.3 is 0 Å². The number of nitrogens with one attached hydrogen (secondary N) is 1. The Morgan fingerprint density at radius 1 is 1.11 bits per heavy atom. The van der Waals surface area contributed by atoms with Gasteiger partial charge in [0.05, 0.1) is 11.0 Å². The molecule has 0 atom stereocenters. The molecule has 1 heterocycles. The lowest BCUT2D eigenvalue weighted by molar-refractivity contribution is 0.564. The molecule has 3 rings (SSSR count). The third-order valence-corrected chi connectivity index (χ3v) is 3.36. The van der Waals surface area contributed by atoms with Gasteiger partial charge in [-0.25, -0.2) is 8.78 Å². The third-order valence-electron chi connectivity index (χ3n) is 3.07. The summed E-state index contributed by atoms with van der Waals surface area (Å²) in [6.07, 6.45) is 0. The van der Waals surface area contributed by atoms with E-state index in [4.69, 9.17) is 12.2 Å². The summed E-state index contributed by atoms with van der Waals surface area (Å²) in [6.45, 7) is 1.59. The highest BCUT2D eigenvalue weighted by Crippen LogP contribution is 2.25. The summed E-state index contributed by atoms with van der Waals surface area (Å²) in [5.74, 6) is -1.23. The zero-order valence-electron chi connectivity index (χ0n) is 10.1. The second kappa shape index (κ2) is 4.28. The minimum atomic E-state index is -0.635. The largest absolute Gasteiger partial charge is 0.330 e. The van der Waals surface area contributed by atoms with Gasteiger partial charge in [-0.1, -0.05) is 18.2 Å². The topological polar surface area (TPSA) is 20.7 Å². The number of hydrogen-bond acceptors (Lipinski definition) is 1. The predicted octanol–water partition coefficient (Wildman–Crippen LogP) is 4.27. The molecule has 0 spiro atoms. The third kappa shape index (κ3) is 1.77. The van der Waals surface area contributed by atoms with Crippen molar-refractivity contribution >= 4 is 23.3 Å². The lowest BCUT2D eigenvalue weighted by Gasteiger charge is -2.09. The quantitative estimate of drug-likeness (QED) is 0.658. The average Bonchev–Trinajstić information content (AvgIpc) is 2.72. The fourth-order valence-corrected chi connectivity index (χ4v) is 2.42. The molecular weight excluding hydrogens is 266 g/mol. The van der Waals surface area contributed by atoms with Gasteiger partial charge in [0.15, 0.2) is 10.6 Å². The highest BCUT2D eigenvalue weighted by molar-refractivity contribution is 7.71. The fraction of sp³-hybridized carbons (Fsp3) is 0.0714. The zero-order valence-corrected chi connectivity index (χ0v) is 10.9. The van der Waals surface area contributed by atoms with Crippen molar-refractivity contribution in [2.24, 2.45) is 0 Å². The first-order valence-corrected chi connectivity index (χ1v) is 6.15. The highest BCUT2D eigenvalue weighted by Gasteiger charge is 2.16. The van der Waals surface area contributed by atoms with E-state index < -0.39 is 11.6 Å². The Hall–Kier alpha value is -2.01. The highest BCUT2D eigenvalue weighted by atomic mass is 32.1. The standard InChI is InChI=1S/C14H10F2N2S/c1-8-6-7-9(15)13(12(8)16)18-11-5-3-2-4-10(11)17-14(18)19/h2-7H,1H3,(H,17,19). The molecular formula is C14H10F2N2S. The molecule has 19 heavy (non-hydrogen) atoms. The maximum Gasteiger partial charge on any atom is 0.182 e. The van der Waals surface area contributed by atoms with E-state index >= 15 is 0 Å². The molecule has 0 aliphatic heterocycles.